The Kier molecular flexibility index (Phi) is 4.96. The molecule has 1 aliphatic heterocycles. The molecule has 2 heterocycles. The summed E-state index contributed by atoms with van der Waals surface area (Å²) in [5.74, 6) is 0.0627. The van der Waals surface area contributed by atoms with Gasteiger partial charge in [0.05, 0.1) is 0 Å². The lowest BCUT2D eigenvalue weighted by molar-refractivity contribution is -0.133. The number of hydrogen-bond donors (Lipinski definition) is 1. The number of thiophene rings is 1. The van der Waals surface area contributed by atoms with Crippen molar-refractivity contribution < 1.29 is 9.59 Å². The lowest BCUT2D eigenvalue weighted by Crippen LogP contribution is -2.45. The highest BCUT2D eigenvalue weighted by Crippen LogP contribution is 2.11. The minimum atomic E-state index is -0.331. The lowest BCUT2D eigenvalue weighted by Gasteiger charge is -2.23. The molecule has 19 heavy (non-hydrogen) atoms. The van der Waals surface area contributed by atoms with E-state index in [1.807, 2.05) is 17.2 Å². The van der Waals surface area contributed by atoms with E-state index in [-0.39, 0.29) is 17.9 Å². The van der Waals surface area contributed by atoms with Crippen LogP contribution in [-0.4, -0.2) is 35.8 Å². The fraction of sp³-hybridized carbons (Fsp3) is 0.571. The molecule has 1 aromatic heterocycles. The van der Waals surface area contributed by atoms with Crippen molar-refractivity contribution in [2.24, 2.45) is 0 Å². The van der Waals surface area contributed by atoms with Crippen LogP contribution in [0.15, 0.2) is 16.8 Å². The monoisotopic (exact) mass is 280 g/mol. The van der Waals surface area contributed by atoms with E-state index in [4.69, 9.17) is 0 Å². The molecule has 0 aliphatic carbocycles. The zero-order chi connectivity index (χ0) is 13.7. The third kappa shape index (κ3) is 3.80. The van der Waals surface area contributed by atoms with Gasteiger partial charge in [-0.3, -0.25) is 9.59 Å². The quantitative estimate of drug-likeness (QED) is 0.894. The third-order valence-electron chi connectivity index (χ3n) is 3.38. The van der Waals surface area contributed by atoms with Crippen LogP contribution in [0.3, 0.4) is 0 Å². The Bertz CT molecular complexity index is 431. The van der Waals surface area contributed by atoms with Gasteiger partial charge in [-0.25, -0.2) is 0 Å². The smallest absolute Gasteiger partial charge is 0.245 e. The van der Waals surface area contributed by atoms with Gasteiger partial charge in [-0.2, -0.15) is 11.3 Å². The summed E-state index contributed by atoms with van der Waals surface area (Å²) in [6.07, 6.45) is 2.90. The van der Waals surface area contributed by atoms with Crippen LogP contribution in [0.2, 0.25) is 0 Å². The summed E-state index contributed by atoms with van der Waals surface area (Å²) in [7, 11) is 0. The number of carbonyl (C=O) groups excluding carboxylic acids is 2. The summed E-state index contributed by atoms with van der Waals surface area (Å²) in [6, 6.07) is 1.75. The molecule has 2 rings (SSSR count). The maximum Gasteiger partial charge on any atom is 0.245 e. The van der Waals surface area contributed by atoms with Gasteiger partial charge in [-0.1, -0.05) is 13.3 Å². The third-order valence-corrected chi connectivity index (χ3v) is 4.11. The number of nitrogens with zero attached hydrogens (tertiary/aromatic N) is 1. The predicted octanol–water partition coefficient (Wildman–Crippen LogP) is 1.81. The number of nitrogens with one attached hydrogen (secondary N) is 1. The molecule has 1 atom stereocenters. The van der Waals surface area contributed by atoms with Crippen LogP contribution in [0.5, 0.6) is 0 Å². The summed E-state index contributed by atoms with van der Waals surface area (Å²) in [5, 5.41) is 6.98. The van der Waals surface area contributed by atoms with Gasteiger partial charge in [0.25, 0.3) is 0 Å². The van der Waals surface area contributed by atoms with E-state index < -0.39 is 0 Å². The maximum absolute atomic E-state index is 12.4. The van der Waals surface area contributed by atoms with Crippen molar-refractivity contribution in [1.82, 2.24) is 10.2 Å². The van der Waals surface area contributed by atoms with Crippen LogP contribution in [-0.2, 0) is 16.0 Å². The van der Waals surface area contributed by atoms with E-state index in [0.717, 1.165) is 19.3 Å². The Morgan fingerprint density at radius 1 is 1.47 bits per heavy atom. The molecule has 1 N–H and O–H groups in total. The molecule has 0 radical (unpaired) electrons. The molecule has 1 fully saturated rings. The molecular weight excluding hydrogens is 260 g/mol. The van der Waals surface area contributed by atoms with Crippen molar-refractivity contribution in [2.45, 2.75) is 38.6 Å². The minimum absolute atomic E-state index is 0.00941. The van der Waals surface area contributed by atoms with Gasteiger partial charge < -0.3 is 10.2 Å². The molecule has 104 valence electrons. The summed E-state index contributed by atoms with van der Waals surface area (Å²) >= 11 is 1.67. The topological polar surface area (TPSA) is 49.4 Å². The van der Waals surface area contributed by atoms with E-state index in [9.17, 15) is 9.59 Å². The second-order valence-corrected chi connectivity index (χ2v) is 5.65. The van der Waals surface area contributed by atoms with E-state index in [1.54, 1.807) is 11.3 Å². The standard InChI is InChI=1S/C14H20N2O2S/c1-2-3-12-14(18)16(8-5-13(17)15-12)7-4-11-6-9-19-10-11/h6,9-10,12H,2-5,7-8H2,1H3,(H,15,17). The van der Waals surface area contributed by atoms with Crippen LogP contribution in [0.25, 0.3) is 0 Å². The summed E-state index contributed by atoms with van der Waals surface area (Å²) in [6.45, 7) is 3.26. The molecule has 0 bridgehead atoms. The number of rotatable bonds is 5. The number of carbonyl (C=O) groups is 2. The summed E-state index contributed by atoms with van der Waals surface area (Å²) < 4.78 is 0. The molecule has 4 nitrogen and oxygen atoms in total. The largest absolute Gasteiger partial charge is 0.344 e. The van der Waals surface area contributed by atoms with Crippen LogP contribution < -0.4 is 5.32 Å². The van der Waals surface area contributed by atoms with Crippen molar-refractivity contribution in [2.75, 3.05) is 13.1 Å². The molecule has 0 saturated carbocycles. The first kappa shape index (κ1) is 14.1. The second-order valence-electron chi connectivity index (χ2n) is 4.87. The Balaban J connectivity index is 1.97. The molecule has 1 aromatic rings. The van der Waals surface area contributed by atoms with Crippen LogP contribution >= 0.6 is 11.3 Å². The Morgan fingerprint density at radius 2 is 2.32 bits per heavy atom. The first-order valence-corrected chi connectivity index (χ1v) is 7.74. The maximum atomic E-state index is 12.4. The highest BCUT2D eigenvalue weighted by molar-refractivity contribution is 7.07. The predicted molar refractivity (Wildman–Crippen MR) is 76.1 cm³/mol. The van der Waals surface area contributed by atoms with Gasteiger partial charge in [0.1, 0.15) is 6.04 Å². The van der Waals surface area contributed by atoms with Gasteiger partial charge >= 0.3 is 0 Å². The van der Waals surface area contributed by atoms with E-state index >= 15 is 0 Å². The van der Waals surface area contributed by atoms with Crippen molar-refractivity contribution in [3.05, 3.63) is 22.4 Å². The molecule has 0 spiro atoms. The first-order chi connectivity index (χ1) is 9.20. The molecule has 1 saturated heterocycles. The number of hydrogen-bond acceptors (Lipinski definition) is 3. The fourth-order valence-electron chi connectivity index (χ4n) is 2.30. The second kappa shape index (κ2) is 6.70. The van der Waals surface area contributed by atoms with E-state index in [0.29, 0.717) is 19.5 Å². The Hall–Kier alpha value is -1.36. The molecular formula is C14H20N2O2S. The zero-order valence-electron chi connectivity index (χ0n) is 11.2. The van der Waals surface area contributed by atoms with Crippen molar-refractivity contribution in [3.63, 3.8) is 0 Å². The van der Waals surface area contributed by atoms with Crippen molar-refractivity contribution >= 4 is 23.2 Å². The normalized spacial score (nSPS) is 20.3. The van der Waals surface area contributed by atoms with E-state index in [1.165, 1.54) is 5.56 Å². The average Bonchev–Trinajstić information content (AvgIpc) is 2.86. The fourth-order valence-corrected chi connectivity index (χ4v) is 3.00. The summed E-state index contributed by atoms with van der Waals surface area (Å²) in [5.41, 5.74) is 1.26. The lowest BCUT2D eigenvalue weighted by atomic mass is 10.1. The van der Waals surface area contributed by atoms with Crippen LogP contribution in [0, 0.1) is 0 Å². The minimum Gasteiger partial charge on any atom is -0.344 e. The number of amides is 2. The molecule has 5 heteroatoms. The van der Waals surface area contributed by atoms with Crippen molar-refractivity contribution in [1.29, 1.82) is 0 Å². The van der Waals surface area contributed by atoms with Gasteiger partial charge in [0, 0.05) is 19.5 Å². The first-order valence-electron chi connectivity index (χ1n) is 6.80. The highest BCUT2D eigenvalue weighted by atomic mass is 32.1. The summed E-state index contributed by atoms with van der Waals surface area (Å²) in [4.78, 5) is 25.8. The van der Waals surface area contributed by atoms with Crippen LogP contribution in [0.1, 0.15) is 31.7 Å². The Morgan fingerprint density at radius 3 is 3.00 bits per heavy atom. The molecule has 1 aliphatic rings. The van der Waals surface area contributed by atoms with Crippen molar-refractivity contribution in [3.8, 4) is 0 Å². The van der Waals surface area contributed by atoms with Crippen LogP contribution in [0.4, 0.5) is 0 Å². The van der Waals surface area contributed by atoms with Gasteiger partial charge in [0.2, 0.25) is 11.8 Å². The highest BCUT2D eigenvalue weighted by Gasteiger charge is 2.28. The zero-order valence-corrected chi connectivity index (χ0v) is 12.0. The van der Waals surface area contributed by atoms with Gasteiger partial charge in [-0.05, 0) is 35.2 Å². The molecule has 1 unspecified atom stereocenters. The average molecular weight is 280 g/mol. The molecule has 2 amide bonds. The van der Waals surface area contributed by atoms with Gasteiger partial charge in [-0.15, -0.1) is 0 Å². The Labute approximate surface area is 117 Å². The van der Waals surface area contributed by atoms with E-state index in [2.05, 4.69) is 16.8 Å². The SMILES string of the molecule is CCCC1NC(=O)CCN(CCc2ccsc2)C1=O. The van der Waals surface area contributed by atoms with Gasteiger partial charge in [0.15, 0.2) is 0 Å². The molecule has 0 aromatic carbocycles.